The molecular weight excluding hydrogens is 343 g/mol. The minimum absolute atomic E-state index is 0. The number of aromatic carboxylic acids is 1. The Kier molecular flexibility index (Phi) is 10.1. The van der Waals surface area contributed by atoms with Crippen LogP contribution in [0.4, 0.5) is 0 Å². The molecule has 0 aliphatic rings. The predicted octanol–water partition coefficient (Wildman–Crippen LogP) is -2.44. The van der Waals surface area contributed by atoms with E-state index >= 15 is 0 Å². The first-order valence-electron chi connectivity index (χ1n) is 4.17. The van der Waals surface area contributed by atoms with E-state index in [0.717, 1.165) is 0 Å². The summed E-state index contributed by atoms with van der Waals surface area (Å²) in [6.07, 6.45) is 0. The van der Waals surface area contributed by atoms with E-state index in [1.54, 1.807) is 12.1 Å². The van der Waals surface area contributed by atoms with Crippen LogP contribution in [0.15, 0.2) is 28.6 Å². The number of carbonyl (C=O) groups excluding carboxylic acids is 1. The van der Waals surface area contributed by atoms with Gasteiger partial charge in [0.2, 0.25) is 0 Å². The molecule has 4 nitrogen and oxygen atoms in total. The molecule has 18 heavy (non-hydrogen) atoms. The predicted molar refractivity (Wildman–Crippen MR) is 68.0 cm³/mol. The van der Waals surface area contributed by atoms with E-state index in [1.165, 1.54) is 28.2 Å². The molecule has 1 aromatic heterocycles. The number of hydrogen-bond acceptors (Lipinski definition) is 6. The smallest absolute Gasteiger partial charge is 0.545 e. The SMILES string of the molecule is O=C([O-])c1ccc(-n2nc([S-])sc2=S)cc1.[K+].[K]. The van der Waals surface area contributed by atoms with Gasteiger partial charge in [0.15, 0.2) is 0 Å². The van der Waals surface area contributed by atoms with Gasteiger partial charge < -0.3 is 33.9 Å². The van der Waals surface area contributed by atoms with E-state index < -0.39 is 5.97 Å². The second-order valence-corrected chi connectivity index (χ2v) is 5.15. The first-order valence-corrected chi connectivity index (χ1v) is 5.80. The van der Waals surface area contributed by atoms with Crippen LogP contribution in [-0.4, -0.2) is 67.1 Å². The summed E-state index contributed by atoms with van der Waals surface area (Å²) < 4.78 is 2.49. The summed E-state index contributed by atoms with van der Waals surface area (Å²) in [4.78, 5) is 10.6. The van der Waals surface area contributed by atoms with Crippen LogP contribution in [0.1, 0.15) is 10.4 Å². The standard InChI is InChI=1S/C9H6N2O2S3.2K/c12-7(13)5-1-3-6(4-2-5)11-9(15)16-8(14)10-11;;/h1-4H,(H,10,14)(H,12,13);;/q;;+1/p-2. The summed E-state index contributed by atoms with van der Waals surface area (Å²) in [6, 6.07) is 6.09. The molecule has 0 fully saturated rings. The third-order valence-electron chi connectivity index (χ3n) is 1.88. The average Bonchev–Trinajstić information content (AvgIpc) is 2.58. The Bertz CT molecular complexity index is 595. The Labute approximate surface area is 203 Å². The fraction of sp³-hybridized carbons (Fsp3) is 0. The van der Waals surface area contributed by atoms with Gasteiger partial charge in [-0.05, 0) is 22.0 Å². The number of carboxylic acids is 1. The summed E-state index contributed by atoms with van der Waals surface area (Å²) in [5.41, 5.74) is 0.798. The van der Waals surface area contributed by atoms with Crippen LogP contribution in [0.25, 0.3) is 5.69 Å². The molecule has 2 rings (SSSR count). The zero-order valence-electron chi connectivity index (χ0n) is 9.75. The molecule has 0 N–H and O–H groups in total. The molecule has 0 aliphatic heterocycles. The maximum atomic E-state index is 10.6. The van der Waals surface area contributed by atoms with Crippen LogP contribution >= 0.6 is 23.6 Å². The first-order chi connectivity index (χ1) is 7.58. The summed E-state index contributed by atoms with van der Waals surface area (Å²) in [5.74, 6) is -1.21. The molecule has 0 spiro atoms. The molecule has 2 aromatic rings. The zero-order valence-corrected chi connectivity index (χ0v) is 18.4. The number of carbonyl (C=O) groups is 1. The zero-order chi connectivity index (χ0) is 11.7. The van der Waals surface area contributed by atoms with Crippen LogP contribution < -0.4 is 56.5 Å². The van der Waals surface area contributed by atoms with Gasteiger partial charge in [-0.1, -0.05) is 24.4 Å². The maximum absolute atomic E-state index is 10.6. The second kappa shape index (κ2) is 9.08. The topological polar surface area (TPSA) is 57.9 Å². The monoisotopic (exact) mass is 346 g/mol. The minimum atomic E-state index is -1.21. The van der Waals surface area contributed by atoms with Crippen molar-refractivity contribution in [1.29, 1.82) is 0 Å². The van der Waals surface area contributed by atoms with Crippen molar-refractivity contribution in [3.8, 4) is 5.69 Å². The van der Waals surface area contributed by atoms with Gasteiger partial charge in [0.25, 0.3) is 0 Å². The molecule has 0 atom stereocenters. The molecule has 83 valence electrons. The molecule has 9 heteroatoms. The Balaban J connectivity index is 0.00000144. The van der Waals surface area contributed by atoms with Gasteiger partial charge in [-0.25, -0.2) is 4.68 Å². The quantitative estimate of drug-likeness (QED) is 0.343. The van der Waals surface area contributed by atoms with E-state index in [0.29, 0.717) is 14.0 Å². The van der Waals surface area contributed by atoms with Crippen LogP contribution in [0.5, 0.6) is 0 Å². The van der Waals surface area contributed by atoms with E-state index in [2.05, 4.69) is 5.10 Å². The van der Waals surface area contributed by atoms with E-state index in [-0.39, 0.29) is 108 Å². The molecule has 0 saturated carbocycles. The average molecular weight is 347 g/mol. The molecule has 0 saturated heterocycles. The van der Waals surface area contributed by atoms with Gasteiger partial charge in [0.1, 0.15) is 0 Å². The molecule has 1 radical (unpaired) electrons. The van der Waals surface area contributed by atoms with Gasteiger partial charge in [-0.3, -0.25) is 0 Å². The Hall–Kier alpha value is 1.96. The number of hydrogen-bond donors (Lipinski definition) is 0. The van der Waals surface area contributed by atoms with Gasteiger partial charge in [0, 0.05) is 51.4 Å². The van der Waals surface area contributed by atoms with Crippen LogP contribution in [0.2, 0.25) is 0 Å². The Morgan fingerprint density at radius 3 is 2.33 bits per heavy atom. The normalized spacial score (nSPS) is 9.11. The Morgan fingerprint density at radius 1 is 1.39 bits per heavy atom. The molecule has 1 heterocycles. The molecule has 0 bridgehead atoms. The third-order valence-corrected chi connectivity index (χ3v) is 3.24. The van der Waals surface area contributed by atoms with E-state index in [4.69, 9.17) is 24.8 Å². The fourth-order valence-electron chi connectivity index (χ4n) is 1.16. The first kappa shape index (κ1) is 20.0. The number of carboxylic acid groups (broad SMARTS) is 1. The molecule has 1 aromatic carbocycles. The summed E-state index contributed by atoms with van der Waals surface area (Å²) in [7, 11) is 0. The van der Waals surface area contributed by atoms with Crippen molar-refractivity contribution >= 4 is 93.5 Å². The van der Waals surface area contributed by atoms with E-state index in [9.17, 15) is 9.90 Å². The van der Waals surface area contributed by atoms with Gasteiger partial charge in [-0.15, -0.1) is 0 Å². The third kappa shape index (κ3) is 5.06. The van der Waals surface area contributed by atoms with Crippen molar-refractivity contribution in [2.24, 2.45) is 0 Å². The van der Waals surface area contributed by atoms with Gasteiger partial charge in [0.05, 0.1) is 15.6 Å². The van der Waals surface area contributed by atoms with Crippen LogP contribution in [-0.2, 0) is 12.6 Å². The van der Waals surface area contributed by atoms with Gasteiger partial charge in [-0.2, -0.15) is 5.10 Å². The van der Waals surface area contributed by atoms with Crippen molar-refractivity contribution in [1.82, 2.24) is 9.78 Å². The minimum Gasteiger partial charge on any atom is -0.545 e. The fourth-order valence-corrected chi connectivity index (χ4v) is 2.53. The number of nitrogens with zero attached hydrogens (tertiary/aromatic N) is 2. The maximum Gasteiger partial charge on any atom is 1.00 e. The second-order valence-electron chi connectivity index (χ2n) is 2.88. The largest absolute Gasteiger partial charge is 1.00 e. The van der Waals surface area contributed by atoms with Crippen molar-refractivity contribution < 1.29 is 61.3 Å². The van der Waals surface area contributed by atoms with Gasteiger partial charge >= 0.3 is 51.4 Å². The summed E-state index contributed by atoms with van der Waals surface area (Å²) in [5, 5.41) is 14.6. The van der Waals surface area contributed by atoms with Crippen molar-refractivity contribution in [3.63, 3.8) is 0 Å². The van der Waals surface area contributed by atoms with Crippen molar-refractivity contribution in [3.05, 3.63) is 33.8 Å². The van der Waals surface area contributed by atoms with Crippen LogP contribution in [0.3, 0.4) is 0 Å². The number of benzene rings is 1. The Morgan fingerprint density at radius 2 is 1.94 bits per heavy atom. The van der Waals surface area contributed by atoms with Crippen molar-refractivity contribution in [2.75, 3.05) is 0 Å². The molecule has 0 unspecified atom stereocenters. The molecule has 0 aliphatic carbocycles. The molecule has 0 amide bonds. The molecular formula is C9H4K2N2O2S3-. The van der Waals surface area contributed by atoms with E-state index in [1.807, 2.05) is 0 Å². The van der Waals surface area contributed by atoms with Crippen molar-refractivity contribution in [2.45, 2.75) is 4.34 Å². The summed E-state index contributed by atoms with van der Waals surface area (Å²) >= 11 is 11.2. The summed E-state index contributed by atoms with van der Waals surface area (Å²) in [6.45, 7) is 0. The number of rotatable bonds is 2. The van der Waals surface area contributed by atoms with Crippen LogP contribution in [0, 0.1) is 3.95 Å². The number of aromatic nitrogens is 2.